The van der Waals surface area contributed by atoms with Gasteiger partial charge in [0.2, 0.25) is 5.75 Å². The number of hydrogen-bond donors (Lipinski definition) is 1. The van der Waals surface area contributed by atoms with Crippen molar-refractivity contribution in [3.8, 4) is 17.2 Å². The van der Waals surface area contributed by atoms with Crippen LogP contribution in [0.3, 0.4) is 0 Å². The summed E-state index contributed by atoms with van der Waals surface area (Å²) in [5, 5.41) is 10.5. The molecule has 0 aliphatic heterocycles. The molecule has 37 heavy (non-hydrogen) atoms. The Morgan fingerprint density at radius 1 is 1.11 bits per heavy atom. The van der Waals surface area contributed by atoms with Crippen LogP contribution in [-0.2, 0) is 15.9 Å². The number of ether oxygens (including phenoxy) is 4. The van der Waals surface area contributed by atoms with Crippen LogP contribution in [0.25, 0.3) is 11.0 Å². The third-order valence-corrected chi connectivity index (χ3v) is 7.01. The monoisotopic (exact) mass is 514 g/mol. The molecule has 7 heteroatoms. The highest BCUT2D eigenvalue weighted by Gasteiger charge is 2.29. The van der Waals surface area contributed by atoms with Crippen LogP contribution in [0.5, 0.6) is 17.2 Å². The normalized spacial score (nSPS) is 15.9. The second kappa shape index (κ2) is 14.1. The van der Waals surface area contributed by atoms with Crippen molar-refractivity contribution in [1.29, 1.82) is 0 Å². The van der Waals surface area contributed by atoms with Crippen LogP contribution in [0.1, 0.15) is 45.4 Å². The van der Waals surface area contributed by atoms with Crippen LogP contribution in [0.15, 0.2) is 51.2 Å². The Kier molecular flexibility index (Phi) is 11.5. The minimum Gasteiger partial charge on any atom is -0.507 e. The number of benzene rings is 1. The van der Waals surface area contributed by atoms with Crippen molar-refractivity contribution in [3.05, 3.63) is 63.6 Å². The Hall–Kier alpha value is -3.03. The van der Waals surface area contributed by atoms with E-state index >= 15 is 0 Å². The minimum atomic E-state index is -0.287. The van der Waals surface area contributed by atoms with Gasteiger partial charge in [0.25, 0.3) is 0 Å². The first-order valence-corrected chi connectivity index (χ1v) is 12.6. The van der Waals surface area contributed by atoms with Crippen LogP contribution < -0.4 is 14.9 Å². The zero-order valence-corrected chi connectivity index (χ0v) is 23.6. The van der Waals surface area contributed by atoms with E-state index in [1.165, 1.54) is 25.9 Å². The van der Waals surface area contributed by atoms with Crippen molar-refractivity contribution in [2.75, 3.05) is 28.4 Å². The molecule has 0 aliphatic carbocycles. The molecule has 1 N–H and O–H groups in total. The summed E-state index contributed by atoms with van der Waals surface area (Å²) in [5.74, 6) is 1.15. The standard InChI is InChI=1S/C30H42O7/c1-10-18(2)13-11-12-14-23(33-6)21(5)28(35-8)19(3)15-16-24-20(4)27(32)26-22(31)17-25(34-7)29(36-9)30(26)37-24/h10-14,17,19,21,23,28,31H,15-16H2,1-9H3/b13-11+,14-12+,18-10+. The lowest BCUT2D eigenvalue weighted by atomic mass is 9.85. The molecule has 2 rings (SSSR count). The first kappa shape index (κ1) is 30.2. The molecular formula is C30H42O7. The van der Waals surface area contributed by atoms with Gasteiger partial charge in [0.1, 0.15) is 16.9 Å². The molecular weight excluding hydrogens is 472 g/mol. The third kappa shape index (κ3) is 7.05. The van der Waals surface area contributed by atoms with E-state index in [0.717, 1.165) is 6.42 Å². The molecule has 0 amide bonds. The molecule has 7 nitrogen and oxygen atoms in total. The number of aromatic hydroxyl groups is 1. The van der Waals surface area contributed by atoms with Crippen LogP contribution in [0.2, 0.25) is 0 Å². The number of hydrogen-bond acceptors (Lipinski definition) is 7. The van der Waals surface area contributed by atoms with Gasteiger partial charge in [0, 0.05) is 38.2 Å². The average Bonchev–Trinajstić information content (AvgIpc) is 2.89. The van der Waals surface area contributed by atoms with Gasteiger partial charge < -0.3 is 28.5 Å². The molecule has 4 atom stereocenters. The molecule has 2 aromatic rings. The molecule has 0 spiro atoms. The third-order valence-electron chi connectivity index (χ3n) is 7.01. The van der Waals surface area contributed by atoms with Gasteiger partial charge >= 0.3 is 0 Å². The smallest absolute Gasteiger partial charge is 0.205 e. The first-order valence-electron chi connectivity index (χ1n) is 12.6. The fraction of sp³-hybridized carbons (Fsp3) is 0.500. The molecule has 1 aromatic carbocycles. The molecule has 0 radical (unpaired) electrons. The van der Waals surface area contributed by atoms with Gasteiger partial charge in [-0.25, -0.2) is 0 Å². The van der Waals surface area contributed by atoms with Crippen molar-refractivity contribution in [1.82, 2.24) is 0 Å². The van der Waals surface area contributed by atoms with Crippen molar-refractivity contribution in [2.45, 2.75) is 59.7 Å². The number of fused-ring (bicyclic) bond motifs is 1. The summed E-state index contributed by atoms with van der Waals surface area (Å²) in [6.45, 7) is 10.0. The molecule has 4 unspecified atom stereocenters. The summed E-state index contributed by atoms with van der Waals surface area (Å²) in [5.41, 5.74) is 1.55. The molecule has 204 valence electrons. The van der Waals surface area contributed by atoms with Gasteiger partial charge in [-0.05, 0) is 33.1 Å². The van der Waals surface area contributed by atoms with Gasteiger partial charge in [-0.15, -0.1) is 0 Å². The predicted molar refractivity (Wildman–Crippen MR) is 148 cm³/mol. The van der Waals surface area contributed by atoms with Crippen LogP contribution >= 0.6 is 0 Å². The lowest BCUT2D eigenvalue weighted by Crippen LogP contribution is -2.36. The van der Waals surface area contributed by atoms with Crippen molar-refractivity contribution >= 4 is 11.0 Å². The summed E-state index contributed by atoms with van der Waals surface area (Å²) in [4.78, 5) is 13.1. The highest BCUT2D eigenvalue weighted by molar-refractivity contribution is 5.91. The Bertz CT molecular complexity index is 1190. The Balaban J connectivity index is 2.28. The van der Waals surface area contributed by atoms with Gasteiger partial charge in [-0.3, -0.25) is 4.79 Å². The topological polar surface area (TPSA) is 87.4 Å². The first-order chi connectivity index (χ1) is 17.6. The number of methoxy groups -OCH3 is 4. The quantitative estimate of drug-likeness (QED) is 0.321. The molecule has 1 aromatic heterocycles. The van der Waals surface area contributed by atoms with E-state index in [9.17, 15) is 9.90 Å². The second-order valence-electron chi connectivity index (χ2n) is 9.37. The maximum atomic E-state index is 13.1. The van der Waals surface area contributed by atoms with Crippen LogP contribution in [0.4, 0.5) is 0 Å². The SMILES string of the molecule is C/C=C(C)/C=C/C=C/C(OC)C(C)C(OC)C(C)CCc1oc2c(OC)c(OC)cc(O)c2c(=O)c1C. The van der Waals surface area contributed by atoms with Gasteiger partial charge in [-0.1, -0.05) is 49.8 Å². The summed E-state index contributed by atoms with van der Waals surface area (Å²) in [7, 11) is 6.35. The van der Waals surface area contributed by atoms with Crippen LogP contribution in [-0.4, -0.2) is 45.8 Å². The Morgan fingerprint density at radius 2 is 1.81 bits per heavy atom. The van der Waals surface area contributed by atoms with Crippen molar-refractivity contribution in [3.63, 3.8) is 0 Å². The van der Waals surface area contributed by atoms with Crippen LogP contribution in [0, 0.1) is 18.8 Å². The predicted octanol–water partition coefficient (Wildman–Crippen LogP) is 6.14. The van der Waals surface area contributed by atoms with E-state index < -0.39 is 0 Å². The number of aryl methyl sites for hydroxylation is 1. The van der Waals surface area contributed by atoms with E-state index in [4.69, 9.17) is 23.4 Å². The van der Waals surface area contributed by atoms with Crippen molar-refractivity contribution in [2.24, 2.45) is 11.8 Å². The molecule has 0 aliphatic rings. The highest BCUT2D eigenvalue weighted by Crippen LogP contribution is 2.40. The summed E-state index contributed by atoms with van der Waals surface area (Å²) < 4.78 is 28.6. The molecule has 0 fully saturated rings. The maximum absolute atomic E-state index is 13.1. The molecule has 0 saturated carbocycles. The second-order valence-corrected chi connectivity index (χ2v) is 9.37. The van der Waals surface area contributed by atoms with E-state index in [2.05, 4.69) is 26.8 Å². The summed E-state index contributed by atoms with van der Waals surface area (Å²) in [6.07, 6.45) is 11.2. The average molecular weight is 515 g/mol. The lowest BCUT2D eigenvalue weighted by molar-refractivity contribution is -0.0343. The fourth-order valence-electron chi connectivity index (χ4n) is 4.64. The summed E-state index contributed by atoms with van der Waals surface area (Å²) >= 11 is 0. The van der Waals surface area contributed by atoms with Gasteiger partial charge in [-0.2, -0.15) is 0 Å². The van der Waals surface area contributed by atoms with E-state index in [1.54, 1.807) is 21.1 Å². The Morgan fingerprint density at radius 3 is 2.38 bits per heavy atom. The highest BCUT2D eigenvalue weighted by atomic mass is 16.5. The van der Waals surface area contributed by atoms with E-state index in [1.807, 2.05) is 31.2 Å². The van der Waals surface area contributed by atoms with E-state index in [-0.39, 0.29) is 51.9 Å². The van der Waals surface area contributed by atoms with E-state index in [0.29, 0.717) is 23.5 Å². The summed E-state index contributed by atoms with van der Waals surface area (Å²) in [6, 6.07) is 1.36. The molecule has 0 saturated heterocycles. The minimum absolute atomic E-state index is 0.0815. The Labute approximate surface area is 220 Å². The zero-order chi connectivity index (χ0) is 27.7. The zero-order valence-electron chi connectivity index (χ0n) is 23.6. The molecule has 1 heterocycles. The van der Waals surface area contributed by atoms with Gasteiger partial charge in [0.15, 0.2) is 16.8 Å². The number of allylic oxidation sites excluding steroid dienone is 5. The maximum Gasteiger partial charge on any atom is 0.205 e. The van der Waals surface area contributed by atoms with Gasteiger partial charge in [0.05, 0.1) is 26.4 Å². The number of phenols is 1. The number of phenolic OH excluding ortho intramolecular Hbond substituents is 1. The largest absolute Gasteiger partial charge is 0.507 e. The number of rotatable bonds is 13. The van der Waals surface area contributed by atoms with Crippen molar-refractivity contribution < 1.29 is 28.5 Å². The lowest BCUT2D eigenvalue weighted by Gasteiger charge is -2.32. The molecule has 0 bridgehead atoms. The fourth-order valence-corrected chi connectivity index (χ4v) is 4.64.